The Morgan fingerprint density at radius 1 is 1.08 bits per heavy atom. The Morgan fingerprint density at radius 2 is 1.67 bits per heavy atom. The van der Waals surface area contributed by atoms with Gasteiger partial charge in [0.05, 0.1) is 0 Å². The van der Waals surface area contributed by atoms with Crippen LogP contribution in [-0.2, 0) is 0 Å². The van der Waals surface area contributed by atoms with Crippen LogP contribution >= 0.6 is 0 Å². The molecule has 0 aromatic carbocycles. The van der Waals surface area contributed by atoms with Crippen LogP contribution in [0.4, 0.5) is 0 Å². The van der Waals surface area contributed by atoms with Crippen LogP contribution < -0.4 is 0 Å². The highest BCUT2D eigenvalue weighted by molar-refractivity contribution is 4.83. The average molecular weight is 169 g/mol. The van der Waals surface area contributed by atoms with Gasteiger partial charge in [-0.1, -0.05) is 13.8 Å². The molecule has 0 aliphatic carbocycles. The molecule has 0 saturated carbocycles. The van der Waals surface area contributed by atoms with Crippen molar-refractivity contribution in [3.63, 3.8) is 0 Å². The normalized spacial score (nSPS) is 33.8. The molecule has 0 aromatic heterocycles. The van der Waals surface area contributed by atoms with Crippen molar-refractivity contribution < 1.29 is 0 Å². The van der Waals surface area contributed by atoms with Crippen molar-refractivity contribution in [2.75, 3.05) is 13.1 Å². The van der Waals surface area contributed by atoms with Crippen molar-refractivity contribution in [2.45, 2.75) is 46.6 Å². The van der Waals surface area contributed by atoms with Gasteiger partial charge in [-0.15, -0.1) is 0 Å². The second-order valence-electron chi connectivity index (χ2n) is 5.36. The van der Waals surface area contributed by atoms with E-state index in [1.165, 1.54) is 19.5 Å². The zero-order valence-corrected chi connectivity index (χ0v) is 9.22. The summed E-state index contributed by atoms with van der Waals surface area (Å²) in [7, 11) is 0. The van der Waals surface area contributed by atoms with Crippen LogP contribution in [0.25, 0.3) is 0 Å². The molecule has 1 fully saturated rings. The monoisotopic (exact) mass is 169 g/mol. The summed E-state index contributed by atoms with van der Waals surface area (Å²) in [5.74, 6) is 1.79. The molecule has 1 heteroatoms. The molecule has 0 amide bonds. The topological polar surface area (TPSA) is 3.24 Å². The van der Waals surface area contributed by atoms with Crippen molar-refractivity contribution >= 4 is 0 Å². The van der Waals surface area contributed by atoms with Gasteiger partial charge < -0.3 is 0 Å². The molecule has 72 valence electrons. The fourth-order valence-corrected chi connectivity index (χ4v) is 1.87. The number of piperidine rings is 1. The lowest BCUT2D eigenvalue weighted by molar-refractivity contribution is 0.0584. The molecule has 0 spiro atoms. The standard InChI is InChI=1S/C11H23N/c1-9-6-7-12(8-10(9)2)11(3,4)5/h9-10H,6-8H2,1-5H3/t9-,10+/m0/s1. The van der Waals surface area contributed by atoms with E-state index in [-0.39, 0.29) is 0 Å². The summed E-state index contributed by atoms with van der Waals surface area (Å²) in [5.41, 5.74) is 0.369. The zero-order chi connectivity index (χ0) is 9.35. The van der Waals surface area contributed by atoms with Gasteiger partial charge in [0.1, 0.15) is 0 Å². The third-order valence-electron chi connectivity index (χ3n) is 3.28. The molecule has 0 bridgehead atoms. The summed E-state index contributed by atoms with van der Waals surface area (Å²) >= 11 is 0. The minimum atomic E-state index is 0.369. The molecule has 1 aliphatic heterocycles. The minimum Gasteiger partial charge on any atom is -0.298 e. The number of hydrogen-bond acceptors (Lipinski definition) is 1. The quantitative estimate of drug-likeness (QED) is 0.539. The summed E-state index contributed by atoms with van der Waals surface area (Å²) < 4.78 is 0. The predicted octanol–water partition coefficient (Wildman–Crippen LogP) is 2.76. The zero-order valence-electron chi connectivity index (χ0n) is 9.22. The Balaban J connectivity index is 2.51. The average Bonchev–Trinajstić information content (AvgIpc) is 1.92. The largest absolute Gasteiger partial charge is 0.298 e. The molecule has 1 nitrogen and oxygen atoms in total. The molecule has 0 unspecified atom stereocenters. The summed E-state index contributed by atoms with van der Waals surface area (Å²) in [6.45, 7) is 14.3. The van der Waals surface area contributed by atoms with E-state index in [1.54, 1.807) is 0 Å². The van der Waals surface area contributed by atoms with Gasteiger partial charge in [-0.05, 0) is 45.6 Å². The Labute approximate surface area is 77.1 Å². The summed E-state index contributed by atoms with van der Waals surface area (Å²) in [6, 6.07) is 0. The molecule has 1 rings (SSSR count). The van der Waals surface area contributed by atoms with Crippen LogP contribution in [-0.4, -0.2) is 23.5 Å². The van der Waals surface area contributed by atoms with Gasteiger partial charge in [0, 0.05) is 12.1 Å². The van der Waals surface area contributed by atoms with Crippen LogP contribution in [0.15, 0.2) is 0 Å². The van der Waals surface area contributed by atoms with Gasteiger partial charge in [-0.3, -0.25) is 4.90 Å². The predicted molar refractivity (Wildman–Crippen MR) is 54.3 cm³/mol. The number of hydrogen-bond donors (Lipinski definition) is 0. The lowest BCUT2D eigenvalue weighted by Gasteiger charge is -2.43. The van der Waals surface area contributed by atoms with Gasteiger partial charge in [-0.25, -0.2) is 0 Å². The van der Waals surface area contributed by atoms with Crippen LogP contribution in [0.5, 0.6) is 0 Å². The molecule has 0 N–H and O–H groups in total. The first-order valence-electron chi connectivity index (χ1n) is 5.16. The first-order chi connectivity index (χ1) is 5.41. The molecule has 0 aromatic rings. The highest BCUT2D eigenvalue weighted by Crippen LogP contribution is 2.27. The van der Waals surface area contributed by atoms with Gasteiger partial charge >= 0.3 is 0 Å². The third-order valence-corrected chi connectivity index (χ3v) is 3.28. The molecule has 2 atom stereocenters. The van der Waals surface area contributed by atoms with Crippen LogP contribution in [0.2, 0.25) is 0 Å². The number of likely N-dealkylation sites (tertiary alicyclic amines) is 1. The van der Waals surface area contributed by atoms with E-state index < -0.39 is 0 Å². The second-order valence-corrected chi connectivity index (χ2v) is 5.36. The maximum Gasteiger partial charge on any atom is 0.0125 e. The van der Waals surface area contributed by atoms with Crippen LogP contribution in [0.1, 0.15) is 41.0 Å². The first-order valence-corrected chi connectivity index (χ1v) is 5.16. The SMILES string of the molecule is C[C@@H]1CN(C(C)(C)C)CC[C@@H]1C. The minimum absolute atomic E-state index is 0.369. The van der Waals surface area contributed by atoms with Crippen LogP contribution in [0, 0.1) is 11.8 Å². The summed E-state index contributed by atoms with van der Waals surface area (Å²) in [6.07, 6.45) is 1.37. The Kier molecular flexibility index (Phi) is 2.82. The molecule has 1 heterocycles. The Hall–Kier alpha value is -0.0400. The molecule has 1 saturated heterocycles. The van der Waals surface area contributed by atoms with E-state index in [2.05, 4.69) is 39.5 Å². The maximum absolute atomic E-state index is 2.61. The third kappa shape index (κ3) is 2.22. The van der Waals surface area contributed by atoms with Gasteiger partial charge in [-0.2, -0.15) is 0 Å². The van der Waals surface area contributed by atoms with E-state index in [4.69, 9.17) is 0 Å². The smallest absolute Gasteiger partial charge is 0.0125 e. The van der Waals surface area contributed by atoms with Crippen LogP contribution in [0.3, 0.4) is 0 Å². The number of rotatable bonds is 0. The summed E-state index contributed by atoms with van der Waals surface area (Å²) in [5, 5.41) is 0. The van der Waals surface area contributed by atoms with E-state index in [0.29, 0.717) is 5.54 Å². The highest BCUT2D eigenvalue weighted by Gasteiger charge is 2.29. The van der Waals surface area contributed by atoms with E-state index in [9.17, 15) is 0 Å². The molecular formula is C11H23N. The maximum atomic E-state index is 2.61. The molecule has 12 heavy (non-hydrogen) atoms. The lowest BCUT2D eigenvalue weighted by Crippen LogP contribution is -2.48. The van der Waals surface area contributed by atoms with Crippen molar-refractivity contribution in [3.8, 4) is 0 Å². The van der Waals surface area contributed by atoms with Crippen molar-refractivity contribution in [1.29, 1.82) is 0 Å². The molecular weight excluding hydrogens is 146 g/mol. The van der Waals surface area contributed by atoms with Gasteiger partial charge in [0.25, 0.3) is 0 Å². The number of nitrogens with zero attached hydrogens (tertiary/aromatic N) is 1. The Morgan fingerprint density at radius 3 is 2.08 bits per heavy atom. The van der Waals surface area contributed by atoms with E-state index in [1.807, 2.05) is 0 Å². The molecule has 0 radical (unpaired) electrons. The van der Waals surface area contributed by atoms with Crippen molar-refractivity contribution in [2.24, 2.45) is 11.8 Å². The second kappa shape index (κ2) is 3.37. The first kappa shape index (κ1) is 10.0. The fraction of sp³-hybridized carbons (Fsp3) is 1.00. The summed E-state index contributed by atoms with van der Waals surface area (Å²) in [4.78, 5) is 2.61. The van der Waals surface area contributed by atoms with Gasteiger partial charge in [0.15, 0.2) is 0 Å². The molecule has 1 aliphatic rings. The van der Waals surface area contributed by atoms with Gasteiger partial charge in [0.2, 0.25) is 0 Å². The highest BCUT2D eigenvalue weighted by atomic mass is 15.2. The van der Waals surface area contributed by atoms with E-state index >= 15 is 0 Å². The van der Waals surface area contributed by atoms with Crippen molar-refractivity contribution in [3.05, 3.63) is 0 Å². The lowest BCUT2D eigenvalue weighted by atomic mass is 9.86. The van der Waals surface area contributed by atoms with Crippen molar-refractivity contribution in [1.82, 2.24) is 4.90 Å². The fourth-order valence-electron chi connectivity index (χ4n) is 1.87. The Bertz CT molecular complexity index is 146. The van der Waals surface area contributed by atoms with E-state index in [0.717, 1.165) is 11.8 Å².